The van der Waals surface area contributed by atoms with Crippen LogP contribution in [0.3, 0.4) is 0 Å². The zero-order valence-corrected chi connectivity index (χ0v) is 11.0. The Morgan fingerprint density at radius 3 is 3.11 bits per heavy atom. The molecule has 1 unspecified atom stereocenters. The first-order valence-electron chi connectivity index (χ1n) is 6.57. The van der Waals surface area contributed by atoms with Crippen LogP contribution in [-0.4, -0.2) is 38.4 Å². The van der Waals surface area contributed by atoms with Crippen molar-refractivity contribution in [2.75, 3.05) is 31.7 Å². The van der Waals surface area contributed by atoms with Gasteiger partial charge in [-0.25, -0.2) is 4.79 Å². The fourth-order valence-electron chi connectivity index (χ4n) is 2.91. The molecule has 5 heteroatoms. The summed E-state index contributed by atoms with van der Waals surface area (Å²) in [5.74, 6) is 0.746. The molecule has 5 nitrogen and oxygen atoms in total. The maximum atomic E-state index is 12.1. The number of carbonyl (C=O) groups excluding carboxylic acids is 1. The van der Waals surface area contributed by atoms with E-state index in [9.17, 15) is 4.79 Å². The summed E-state index contributed by atoms with van der Waals surface area (Å²) < 4.78 is 10.5. The van der Waals surface area contributed by atoms with Crippen LogP contribution in [0.25, 0.3) is 0 Å². The maximum Gasteiger partial charge on any atom is 0.415 e. The summed E-state index contributed by atoms with van der Waals surface area (Å²) in [6.45, 7) is 2.23. The normalized spacial score (nSPS) is 26.6. The quantitative estimate of drug-likeness (QED) is 0.882. The summed E-state index contributed by atoms with van der Waals surface area (Å²) >= 11 is 0. The molecule has 3 rings (SSSR count). The number of ether oxygens (including phenoxy) is 2. The summed E-state index contributed by atoms with van der Waals surface area (Å²) in [7, 11) is 1.62. The number of anilines is 1. The van der Waals surface area contributed by atoms with E-state index < -0.39 is 0 Å². The highest BCUT2D eigenvalue weighted by Gasteiger charge is 2.48. The summed E-state index contributed by atoms with van der Waals surface area (Å²) in [6.07, 6.45) is 1.75. The molecule has 2 aliphatic heterocycles. The molecule has 0 aromatic heterocycles. The zero-order chi connectivity index (χ0) is 13.3. The average Bonchev–Trinajstić information content (AvgIpc) is 2.76. The van der Waals surface area contributed by atoms with Crippen LogP contribution in [0.4, 0.5) is 10.5 Å². The number of hydrogen-bond donors (Lipinski definition) is 1. The Morgan fingerprint density at radius 2 is 2.37 bits per heavy atom. The van der Waals surface area contributed by atoms with Crippen LogP contribution in [0.1, 0.15) is 12.8 Å². The van der Waals surface area contributed by atoms with E-state index in [2.05, 4.69) is 5.32 Å². The van der Waals surface area contributed by atoms with Crippen molar-refractivity contribution < 1.29 is 14.3 Å². The van der Waals surface area contributed by atoms with E-state index in [1.165, 1.54) is 0 Å². The SMILES string of the molecule is COc1cccc(N2C(=O)OCC23CCCNC3)c1. The molecule has 2 heterocycles. The number of hydrogen-bond acceptors (Lipinski definition) is 4. The molecule has 0 aliphatic carbocycles. The van der Waals surface area contributed by atoms with Gasteiger partial charge in [0.05, 0.1) is 18.3 Å². The summed E-state index contributed by atoms with van der Waals surface area (Å²) in [6, 6.07) is 7.56. The molecule has 1 amide bonds. The monoisotopic (exact) mass is 262 g/mol. The van der Waals surface area contributed by atoms with Crippen LogP contribution in [0.5, 0.6) is 5.75 Å². The molecule has 1 N–H and O–H groups in total. The van der Waals surface area contributed by atoms with Gasteiger partial charge < -0.3 is 14.8 Å². The van der Waals surface area contributed by atoms with Crippen molar-refractivity contribution in [3.63, 3.8) is 0 Å². The Balaban J connectivity index is 1.97. The van der Waals surface area contributed by atoms with Gasteiger partial charge in [-0.05, 0) is 31.5 Å². The molecule has 2 fully saturated rings. The molecule has 1 aromatic carbocycles. The second-order valence-corrected chi connectivity index (χ2v) is 5.10. The summed E-state index contributed by atoms with van der Waals surface area (Å²) in [4.78, 5) is 13.9. The van der Waals surface area contributed by atoms with E-state index in [0.29, 0.717) is 6.61 Å². The largest absolute Gasteiger partial charge is 0.497 e. The van der Waals surface area contributed by atoms with Gasteiger partial charge in [-0.2, -0.15) is 0 Å². The van der Waals surface area contributed by atoms with Gasteiger partial charge in [-0.3, -0.25) is 4.90 Å². The highest BCUT2D eigenvalue weighted by atomic mass is 16.6. The topological polar surface area (TPSA) is 50.8 Å². The van der Waals surface area contributed by atoms with E-state index in [0.717, 1.165) is 37.4 Å². The maximum absolute atomic E-state index is 12.1. The molecular weight excluding hydrogens is 244 g/mol. The van der Waals surface area contributed by atoms with Gasteiger partial charge in [0, 0.05) is 12.6 Å². The highest BCUT2D eigenvalue weighted by molar-refractivity contribution is 5.92. The van der Waals surface area contributed by atoms with Crippen LogP contribution in [0, 0.1) is 0 Å². The molecular formula is C14H18N2O3. The molecule has 19 heavy (non-hydrogen) atoms. The minimum atomic E-state index is -0.267. The van der Waals surface area contributed by atoms with Crippen LogP contribution >= 0.6 is 0 Å². The molecule has 102 valence electrons. The van der Waals surface area contributed by atoms with Gasteiger partial charge in [0.25, 0.3) is 0 Å². The Kier molecular flexibility index (Phi) is 3.06. The Labute approximate surface area is 112 Å². The van der Waals surface area contributed by atoms with E-state index >= 15 is 0 Å². The molecule has 1 atom stereocenters. The van der Waals surface area contributed by atoms with Gasteiger partial charge in [0.15, 0.2) is 0 Å². The van der Waals surface area contributed by atoms with Crippen molar-refractivity contribution >= 4 is 11.8 Å². The molecule has 0 radical (unpaired) electrons. The number of nitrogens with zero attached hydrogens (tertiary/aromatic N) is 1. The minimum Gasteiger partial charge on any atom is -0.497 e. The van der Waals surface area contributed by atoms with Crippen molar-refractivity contribution in [2.24, 2.45) is 0 Å². The highest BCUT2D eigenvalue weighted by Crippen LogP contribution is 2.36. The first-order valence-corrected chi connectivity index (χ1v) is 6.57. The molecule has 1 aromatic rings. The second-order valence-electron chi connectivity index (χ2n) is 5.10. The number of nitrogens with one attached hydrogen (secondary N) is 1. The Morgan fingerprint density at radius 1 is 1.47 bits per heavy atom. The smallest absolute Gasteiger partial charge is 0.415 e. The van der Waals surface area contributed by atoms with Gasteiger partial charge in [0.2, 0.25) is 0 Å². The molecule has 0 bridgehead atoms. The first kappa shape index (κ1) is 12.3. The van der Waals surface area contributed by atoms with Crippen LogP contribution in [0.2, 0.25) is 0 Å². The van der Waals surface area contributed by atoms with Gasteiger partial charge in [0.1, 0.15) is 12.4 Å². The van der Waals surface area contributed by atoms with Crippen LogP contribution in [-0.2, 0) is 4.74 Å². The third kappa shape index (κ3) is 2.04. The van der Waals surface area contributed by atoms with E-state index in [4.69, 9.17) is 9.47 Å². The molecule has 1 spiro atoms. The van der Waals surface area contributed by atoms with Crippen LogP contribution < -0.4 is 15.0 Å². The molecule has 2 saturated heterocycles. The van der Waals surface area contributed by atoms with E-state index in [-0.39, 0.29) is 11.6 Å². The predicted molar refractivity (Wildman–Crippen MR) is 71.7 cm³/mol. The standard InChI is InChI=1S/C14H18N2O3/c1-18-12-5-2-4-11(8-12)16-13(17)19-10-14(16)6-3-7-15-9-14/h2,4-5,8,15H,3,6-7,9-10H2,1H3. The second kappa shape index (κ2) is 4.74. The fraction of sp³-hybridized carbons (Fsp3) is 0.500. The van der Waals surface area contributed by atoms with Gasteiger partial charge in [-0.1, -0.05) is 6.07 Å². The number of amides is 1. The number of methoxy groups -OCH3 is 1. The van der Waals surface area contributed by atoms with E-state index in [1.807, 2.05) is 24.3 Å². The molecule has 2 aliphatic rings. The third-order valence-electron chi connectivity index (χ3n) is 3.88. The third-order valence-corrected chi connectivity index (χ3v) is 3.88. The lowest BCUT2D eigenvalue weighted by atomic mass is 9.89. The molecule has 0 saturated carbocycles. The number of rotatable bonds is 2. The van der Waals surface area contributed by atoms with Crippen molar-refractivity contribution in [1.29, 1.82) is 0 Å². The van der Waals surface area contributed by atoms with Crippen molar-refractivity contribution in [1.82, 2.24) is 5.32 Å². The van der Waals surface area contributed by atoms with Crippen molar-refractivity contribution in [3.05, 3.63) is 24.3 Å². The number of cyclic esters (lactones) is 1. The lowest BCUT2D eigenvalue weighted by Gasteiger charge is -2.38. The average molecular weight is 262 g/mol. The number of carbonyl (C=O) groups is 1. The van der Waals surface area contributed by atoms with E-state index in [1.54, 1.807) is 12.0 Å². The van der Waals surface area contributed by atoms with Crippen LogP contribution in [0.15, 0.2) is 24.3 Å². The van der Waals surface area contributed by atoms with Gasteiger partial charge in [-0.15, -0.1) is 0 Å². The Bertz CT molecular complexity index is 483. The van der Waals surface area contributed by atoms with Crippen molar-refractivity contribution in [3.8, 4) is 5.75 Å². The Hall–Kier alpha value is -1.75. The first-order chi connectivity index (χ1) is 9.25. The zero-order valence-electron chi connectivity index (χ0n) is 11.0. The summed E-state index contributed by atoms with van der Waals surface area (Å²) in [5.41, 5.74) is 0.590. The van der Waals surface area contributed by atoms with Crippen molar-refractivity contribution in [2.45, 2.75) is 18.4 Å². The van der Waals surface area contributed by atoms with Gasteiger partial charge >= 0.3 is 6.09 Å². The predicted octanol–water partition coefficient (Wildman–Crippen LogP) is 1.77. The summed E-state index contributed by atoms with van der Waals surface area (Å²) in [5, 5.41) is 3.36. The lowest BCUT2D eigenvalue weighted by molar-refractivity contribution is 0.167. The number of piperidine rings is 1. The lowest BCUT2D eigenvalue weighted by Crippen LogP contribution is -2.57. The minimum absolute atomic E-state index is 0.248. The fourth-order valence-corrected chi connectivity index (χ4v) is 2.91. The number of benzene rings is 1.